The Morgan fingerprint density at radius 3 is 1.04 bits per heavy atom. The van der Waals surface area contributed by atoms with Gasteiger partial charge < -0.3 is 20.4 Å². The van der Waals surface area contributed by atoms with E-state index in [1.807, 2.05) is 0 Å². The summed E-state index contributed by atoms with van der Waals surface area (Å²) in [6, 6.07) is 0. The average Bonchev–Trinajstić information content (AvgIpc) is 2.59. The van der Waals surface area contributed by atoms with Crippen LogP contribution >= 0.6 is 0 Å². The molecule has 0 heterocycles. The number of unbranched alkanes of at least 4 members (excludes halogenated alkanes) is 13. The molecule has 0 aliphatic carbocycles. The zero-order valence-electron chi connectivity index (χ0n) is 15.4. The van der Waals surface area contributed by atoms with Crippen LogP contribution in [0, 0.1) is 0 Å². The Bertz CT molecular complexity index is 170. The molecule has 0 saturated carbocycles. The third-order valence-corrected chi connectivity index (χ3v) is 3.93. The van der Waals surface area contributed by atoms with Gasteiger partial charge in [0.1, 0.15) is 6.10 Å². The lowest BCUT2D eigenvalue weighted by Crippen LogP contribution is -2.15. The summed E-state index contributed by atoms with van der Waals surface area (Å²) in [5.41, 5.74) is 0. The molecular formula is C19H42O4. The number of hydrogen-bond donors (Lipinski definition) is 4. The Kier molecular flexibility index (Phi) is 26.3. The van der Waals surface area contributed by atoms with Gasteiger partial charge in [-0.1, -0.05) is 90.4 Å². The molecule has 0 fully saturated rings. The van der Waals surface area contributed by atoms with Gasteiger partial charge in [-0.15, -0.1) is 0 Å². The van der Waals surface area contributed by atoms with Crippen LogP contribution in [0.15, 0.2) is 0 Å². The van der Waals surface area contributed by atoms with Crippen LogP contribution in [0.4, 0.5) is 0 Å². The zero-order valence-corrected chi connectivity index (χ0v) is 15.4. The van der Waals surface area contributed by atoms with Crippen molar-refractivity contribution in [1.29, 1.82) is 0 Å². The first-order valence-corrected chi connectivity index (χ1v) is 9.73. The van der Waals surface area contributed by atoms with Gasteiger partial charge in [0.15, 0.2) is 0 Å². The molecule has 0 bridgehead atoms. The topological polar surface area (TPSA) is 80.9 Å². The van der Waals surface area contributed by atoms with Gasteiger partial charge in [-0.05, 0) is 6.42 Å². The van der Waals surface area contributed by atoms with E-state index < -0.39 is 6.10 Å². The molecule has 0 rings (SSSR count). The second-order valence-electron chi connectivity index (χ2n) is 6.34. The van der Waals surface area contributed by atoms with Crippen molar-refractivity contribution in [1.82, 2.24) is 0 Å². The number of aliphatic hydroxyl groups is 4. The van der Waals surface area contributed by atoms with Crippen LogP contribution in [0.5, 0.6) is 0 Å². The fraction of sp³-hybridized carbons (Fsp3) is 1.00. The summed E-state index contributed by atoms with van der Waals surface area (Å²) in [6.07, 6.45) is 18.3. The van der Waals surface area contributed by atoms with Gasteiger partial charge in [-0.25, -0.2) is 0 Å². The van der Waals surface area contributed by atoms with E-state index >= 15 is 0 Å². The van der Waals surface area contributed by atoms with Gasteiger partial charge in [0.2, 0.25) is 0 Å². The zero-order chi connectivity index (χ0) is 17.6. The van der Waals surface area contributed by atoms with E-state index in [0.717, 1.165) is 6.42 Å². The molecule has 4 nitrogen and oxygen atoms in total. The summed E-state index contributed by atoms with van der Waals surface area (Å²) in [4.78, 5) is 0. The van der Waals surface area contributed by atoms with Crippen molar-refractivity contribution in [2.75, 3.05) is 19.8 Å². The highest BCUT2D eigenvalue weighted by Gasteiger charge is 1.94. The summed E-state index contributed by atoms with van der Waals surface area (Å²) < 4.78 is 0. The van der Waals surface area contributed by atoms with Gasteiger partial charge in [-0.3, -0.25) is 0 Å². The van der Waals surface area contributed by atoms with Gasteiger partial charge in [0.25, 0.3) is 0 Å². The number of rotatable bonds is 16. The molecule has 0 spiro atoms. The second kappa shape index (κ2) is 24.1. The molecule has 0 aliphatic rings. The van der Waals surface area contributed by atoms with Crippen LogP contribution in [0.25, 0.3) is 0 Å². The molecule has 0 aromatic heterocycles. The van der Waals surface area contributed by atoms with Crippen LogP contribution in [0.2, 0.25) is 0 Å². The van der Waals surface area contributed by atoms with E-state index in [1.54, 1.807) is 0 Å². The predicted octanol–water partition coefficient (Wildman–Crippen LogP) is 3.79. The van der Waals surface area contributed by atoms with Crippen molar-refractivity contribution < 1.29 is 20.4 Å². The van der Waals surface area contributed by atoms with Crippen molar-refractivity contribution in [3.05, 3.63) is 0 Å². The minimum atomic E-state index is -0.954. The molecule has 0 radical (unpaired) electrons. The molecule has 23 heavy (non-hydrogen) atoms. The summed E-state index contributed by atoms with van der Waals surface area (Å²) in [5, 5.41) is 32.7. The molecule has 142 valence electrons. The highest BCUT2D eigenvalue weighted by atomic mass is 16.3. The summed E-state index contributed by atoms with van der Waals surface area (Å²) in [7, 11) is 0. The first-order chi connectivity index (χ1) is 11.2. The minimum Gasteiger partial charge on any atom is -0.396 e. The van der Waals surface area contributed by atoms with Crippen LogP contribution in [-0.4, -0.2) is 46.4 Å². The maximum atomic E-state index is 8.64. The number of hydrogen-bond acceptors (Lipinski definition) is 4. The van der Waals surface area contributed by atoms with Crippen LogP contribution in [0.1, 0.15) is 96.8 Å². The lowest BCUT2D eigenvalue weighted by atomic mass is 10.0. The van der Waals surface area contributed by atoms with Crippen molar-refractivity contribution >= 4 is 0 Å². The van der Waals surface area contributed by atoms with E-state index in [-0.39, 0.29) is 13.2 Å². The normalized spacial score (nSPS) is 10.7. The summed E-state index contributed by atoms with van der Waals surface area (Å²) >= 11 is 0. The predicted molar refractivity (Wildman–Crippen MR) is 97.6 cm³/mol. The smallest absolute Gasteiger partial charge is 0.100 e. The standard InChI is InChI=1S/C16H34O.C3H8O3/c1-2-3-4-5-6-7-8-9-10-11-12-13-14-15-16-17;4-1-3(6)2-5/h17H,2-16H2,1H3;3-6H,1-2H2. The van der Waals surface area contributed by atoms with Gasteiger partial charge in [-0.2, -0.15) is 0 Å². The molecule has 4 heteroatoms. The third kappa shape index (κ3) is 27.0. The van der Waals surface area contributed by atoms with E-state index in [0.29, 0.717) is 6.61 Å². The molecule has 0 amide bonds. The number of aliphatic hydroxyl groups excluding tert-OH is 4. The molecule has 0 atom stereocenters. The maximum Gasteiger partial charge on any atom is 0.100 e. The van der Waals surface area contributed by atoms with Crippen molar-refractivity contribution in [3.63, 3.8) is 0 Å². The van der Waals surface area contributed by atoms with Gasteiger partial charge >= 0.3 is 0 Å². The molecule has 4 N–H and O–H groups in total. The largest absolute Gasteiger partial charge is 0.396 e. The average molecular weight is 335 g/mol. The van der Waals surface area contributed by atoms with Crippen LogP contribution < -0.4 is 0 Å². The fourth-order valence-electron chi connectivity index (χ4n) is 2.36. The monoisotopic (exact) mass is 334 g/mol. The molecule has 0 unspecified atom stereocenters. The lowest BCUT2D eigenvalue weighted by molar-refractivity contribution is 0.0450. The Morgan fingerprint density at radius 2 is 0.826 bits per heavy atom. The Hall–Kier alpha value is -0.160. The molecule has 0 aliphatic heterocycles. The van der Waals surface area contributed by atoms with Gasteiger partial charge in [0.05, 0.1) is 13.2 Å². The van der Waals surface area contributed by atoms with Gasteiger partial charge in [0, 0.05) is 6.61 Å². The van der Waals surface area contributed by atoms with Crippen LogP contribution in [-0.2, 0) is 0 Å². The van der Waals surface area contributed by atoms with E-state index in [4.69, 9.17) is 20.4 Å². The maximum absolute atomic E-state index is 8.64. The van der Waals surface area contributed by atoms with E-state index in [2.05, 4.69) is 6.92 Å². The minimum absolute atomic E-state index is 0.365. The molecule has 0 aromatic rings. The Morgan fingerprint density at radius 1 is 0.522 bits per heavy atom. The fourth-order valence-corrected chi connectivity index (χ4v) is 2.36. The van der Waals surface area contributed by atoms with E-state index in [1.165, 1.54) is 83.5 Å². The van der Waals surface area contributed by atoms with Crippen LogP contribution in [0.3, 0.4) is 0 Å². The first kappa shape index (κ1) is 25.1. The van der Waals surface area contributed by atoms with Crippen molar-refractivity contribution in [2.45, 2.75) is 103 Å². The SMILES string of the molecule is CCCCCCCCCCCCCCCCO.OCC(O)CO. The second-order valence-corrected chi connectivity index (χ2v) is 6.34. The Labute approximate surface area is 143 Å². The van der Waals surface area contributed by atoms with Crippen molar-refractivity contribution in [2.24, 2.45) is 0 Å². The summed E-state index contributed by atoms with van der Waals surface area (Å²) in [5.74, 6) is 0. The Balaban J connectivity index is 0. The molecule has 0 saturated heterocycles. The lowest BCUT2D eigenvalue weighted by Gasteiger charge is -2.02. The van der Waals surface area contributed by atoms with E-state index in [9.17, 15) is 0 Å². The molecular weight excluding hydrogens is 292 g/mol. The quantitative estimate of drug-likeness (QED) is 0.324. The highest BCUT2D eigenvalue weighted by Crippen LogP contribution is 2.12. The third-order valence-electron chi connectivity index (χ3n) is 3.93. The highest BCUT2D eigenvalue weighted by molar-refractivity contribution is 4.49. The summed E-state index contributed by atoms with van der Waals surface area (Å²) in [6.45, 7) is 1.92. The van der Waals surface area contributed by atoms with Crippen molar-refractivity contribution in [3.8, 4) is 0 Å². The first-order valence-electron chi connectivity index (χ1n) is 9.73. The molecule has 0 aromatic carbocycles.